The van der Waals surface area contributed by atoms with Gasteiger partial charge in [-0.2, -0.15) is 13.2 Å². The Morgan fingerprint density at radius 1 is 1.16 bits per heavy atom. The molecule has 1 aliphatic heterocycles. The summed E-state index contributed by atoms with van der Waals surface area (Å²) >= 11 is 6.37. The van der Waals surface area contributed by atoms with Gasteiger partial charge in [0.15, 0.2) is 11.5 Å². The molecule has 5 nitrogen and oxygen atoms in total. The van der Waals surface area contributed by atoms with Gasteiger partial charge < -0.3 is 14.8 Å². The van der Waals surface area contributed by atoms with E-state index >= 15 is 0 Å². The molecule has 1 N–H and O–H groups in total. The summed E-state index contributed by atoms with van der Waals surface area (Å²) in [6.07, 6.45) is -4.44. The van der Waals surface area contributed by atoms with Gasteiger partial charge in [0.05, 0.1) is 5.39 Å². The van der Waals surface area contributed by atoms with Crippen LogP contribution in [0.15, 0.2) is 24.3 Å². The first-order chi connectivity index (χ1) is 11.9. The molecule has 0 saturated carbocycles. The number of nitrogens with one attached hydrogen (secondary N) is 1. The average Bonchev–Trinajstić information content (AvgIpc) is 3.17. The molecule has 130 valence electrons. The second kappa shape index (κ2) is 5.92. The highest BCUT2D eigenvalue weighted by molar-refractivity contribution is 7.18. The third-order valence-electron chi connectivity index (χ3n) is 3.54. The van der Waals surface area contributed by atoms with Crippen molar-refractivity contribution in [2.45, 2.75) is 12.7 Å². The van der Waals surface area contributed by atoms with E-state index < -0.39 is 11.1 Å². The summed E-state index contributed by atoms with van der Waals surface area (Å²) < 4.78 is 49.3. The minimum absolute atomic E-state index is 0.115. The highest BCUT2D eigenvalue weighted by Gasteiger charge is 2.33. The monoisotopic (exact) mass is 387 g/mol. The van der Waals surface area contributed by atoms with Crippen LogP contribution in [0.2, 0.25) is 5.28 Å². The van der Waals surface area contributed by atoms with Gasteiger partial charge in [0.2, 0.25) is 12.1 Å². The number of anilines is 1. The molecule has 25 heavy (non-hydrogen) atoms. The number of hydrogen-bond donors (Lipinski definition) is 1. The van der Waals surface area contributed by atoms with Gasteiger partial charge in [0, 0.05) is 6.54 Å². The number of thiophene rings is 1. The van der Waals surface area contributed by atoms with Crippen LogP contribution in [0.4, 0.5) is 19.0 Å². The molecule has 0 aliphatic carbocycles. The van der Waals surface area contributed by atoms with Crippen LogP contribution >= 0.6 is 22.9 Å². The number of ether oxygens (including phenoxy) is 2. The largest absolute Gasteiger partial charge is 0.454 e. The van der Waals surface area contributed by atoms with Gasteiger partial charge in [-0.1, -0.05) is 6.07 Å². The Balaban J connectivity index is 1.63. The molecular weight excluding hydrogens is 379 g/mol. The fourth-order valence-corrected chi connectivity index (χ4v) is 3.52. The maximum Gasteiger partial charge on any atom is 0.425 e. The Morgan fingerprint density at radius 3 is 2.76 bits per heavy atom. The maximum atomic E-state index is 12.9. The summed E-state index contributed by atoms with van der Waals surface area (Å²) in [5.41, 5.74) is 0.860. The first-order valence-corrected chi connectivity index (χ1v) is 8.26. The fraction of sp³-hybridized carbons (Fsp3) is 0.200. The lowest BCUT2D eigenvalue weighted by atomic mass is 10.2. The maximum absolute atomic E-state index is 12.9. The lowest BCUT2D eigenvalue weighted by Crippen LogP contribution is -2.03. The topological polar surface area (TPSA) is 56.3 Å². The summed E-state index contributed by atoms with van der Waals surface area (Å²) in [5, 5.41) is 3.17. The first-order valence-electron chi connectivity index (χ1n) is 7.07. The number of hydrogen-bond acceptors (Lipinski definition) is 6. The van der Waals surface area contributed by atoms with Crippen LogP contribution in [-0.4, -0.2) is 16.8 Å². The third-order valence-corrected chi connectivity index (χ3v) is 4.78. The predicted octanol–water partition coefficient (Wildman–Crippen LogP) is 4.70. The van der Waals surface area contributed by atoms with Gasteiger partial charge >= 0.3 is 6.18 Å². The van der Waals surface area contributed by atoms with Crippen LogP contribution in [0.1, 0.15) is 10.4 Å². The Hall–Kier alpha value is -2.26. The highest BCUT2D eigenvalue weighted by atomic mass is 35.5. The van der Waals surface area contributed by atoms with Crippen molar-refractivity contribution in [1.29, 1.82) is 0 Å². The lowest BCUT2D eigenvalue weighted by Gasteiger charge is -2.08. The molecular formula is C15H9ClF3N3O2S. The number of alkyl halides is 3. The fourth-order valence-electron chi connectivity index (χ4n) is 2.41. The van der Waals surface area contributed by atoms with Crippen LogP contribution in [0.3, 0.4) is 0 Å². The molecule has 3 heterocycles. The molecule has 10 heteroatoms. The lowest BCUT2D eigenvalue weighted by molar-refractivity contribution is -0.134. The number of benzene rings is 1. The van der Waals surface area contributed by atoms with Crippen molar-refractivity contribution in [3.05, 3.63) is 40.0 Å². The normalized spacial score (nSPS) is 13.4. The number of aromatic nitrogens is 2. The zero-order valence-corrected chi connectivity index (χ0v) is 13.9. The van der Waals surface area contributed by atoms with E-state index in [2.05, 4.69) is 15.3 Å². The predicted molar refractivity (Wildman–Crippen MR) is 87.3 cm³/mol. The van der Waals surface area contributed by atoms with Crippen LogP contribution < -0.4 is 14.8 Å². The molecule has 0 spiro atoms. The van der Waals surface area contributed by atoms with Crippen molar-refractivity contribution in [2.24, 2.45) is 0 Å². The number of halogens is 4. The summed E-state index contributed by atoms with van der Waals surface area (Å²) in [6.45, 7) is 0.500. The first kappa shape index (κ1) is 16.2. The van der Waals surface area contributed by atoms with Crippen molar-refractivity contribution in [3.63, 3.8) is 0 Å². The van der Waals surface area contributed by atoms with Crippen LogP contribution in [0.5, 0.6) is 11.5 Å². The van der Waals surface area contributed by atoms with Crippen LogP contribution in [0.25, 0.3) is 10.2 Å². The minimum Gasteiger partial charge on any atom is -0.454 e. The van der Waals surface area contributed by atoms with Gasteiger partial charge in [0.1, 0.15) is 15.5 Å². The van der Waals surface area contributed by atoms with Gasteiger partial charge in [-0.15, -0.1) is 11.3 Å². The smallest absolute Gasteiger partial charge is 0.425 e. The van der Waals surface area contributed by atoms with Crippen molar-refractivity contribution in [1.82, 2.24) is 9.97 Å². The molecule has 0 unspecified atom stereocenters. The summed E-state index contributed by atoms with van der Waals surface area (Å²) in [5.74, 6) is 1.53. The second-order valence-corrected chi connectivity index (χ2v) is 6.58. The van der Waals surface area contributed by atoms with Gasteiger partial charge in [-0.3, -0.25) is 0 Å². The van der Waals surface area contributed by atoms with Crippen LogP contribution in [0, 0.1) is 0 Å². The van der Waals surface area contributed by atoms with Crippen molar-refractivity contribution in [3.8, 4) is 11.5 Å². The molecule has 1 aliphatic rings. The summed E-state index contributed by atoms with van der Waals surface area (Å²) in [7, 11) is 0. The summed E-state index contributed by atoms with van der Waals surface area (Å²) in [4.78, 5) is 7.32. The molecule has 1 aromatic carbocycles. The SMILES string of the molecule is FC(F)(F)c1cc2c(NCc3ccc4c(c3)OCO4)nc(Cl)nc2s1. The van der Waals surface area contributed by atoms with E-state index in [-0.39, 0.29) is 28.1 Å². The van der Waals surface area contributed by atoms with Gasteiger partial charge in [-0.25, -0.2) is 9.97 Å². The van der Waals surface area contributed by atoms with E-state index in [1.54, 1.807) is 12.1 Å². The molecule has 0 atom stereocenters. The molecule has 0 radical (unpaired) electrons. The number of nitrogens with zero attached hydrogens (tertiary/aromatic N) is 2. The Morgan fingerprint density at radius 2 is 1.96 bits per heavy atom. The number of rotatable bonds is 3. The molecule has 3 aromatic rings. The van der Waals surface area contributed by atoms with E-state index in [1.807, 2.05) is 6.07 Å². The standard InChI is InChI=1S/C15H9ClF3N3O2S/c16-14-21-12(8-4-11(15(17,18)19)25-13(8)22-14)20-5-7-1-2-9-10(3-7)24-6-23-9/h1-4H,5-6H2,(H,20,21,22). The minimum atomic E-state index is -4.44. The molecule has 0 fully saturated rings. The van der Waals surface area contributed by atoms with E-state index in [1.165, 1.54) is 0 Å². The number of fused-ring (bicyclic) bond motifs is 2. The van der Waals surface area contributed by atoms with E-state index in [0.29, 0.717) is 29.4 Å². The Labute approximate surface area is 148 Å². The molecule has 0 amide bonds. The third kappa shape index (κ3) is 3.16. The average molecular weight is 388 g/mol. The zero-order valence-electron chi connectivity index (χ0n) is 12.4. The molecule has 0 bridgehead atoms. The van der Waals surface area contributed by atoms with Crippen molar-refractivity contribution < 1.29 is 22.6 Å². The van der Waals surface area contributed by atoms with Crippen molar-refractivity contribution in [2.75, 3.05) is 12.1 Å². The van der Waals surface area contributed by atoms with E-state index in [4.69, 9.17) is 21.1 Å². The van der Waals surface area contributed by atoms with E-state index in [0.717, 1.165) is 11.6 Å². The molecule has 4 rings (SSSR count). The van der Waals surface area contributed by atoms with Gasteiger partial charge in [-0.05, 0) is 35.4 Å². The van der Waals surface area contributed by atoms with E-state index in [9.17, 15) is 13.2 Å². The zero-order chi connectivity index (χ0) is 17.6. The van der Waals surface area contributed by atoms with Gasteiger partial charge in [0.25, 0.3) is 0 Å². The Kier molecular flexibility index (Phi) is 3.84. The van der Waals surface area contributed by atoms with Crippen molar-refractivity contribution >= 4 is 39.0 Å². The molecule has 2 aromatic heterocycles. The highest BCUT2D eigenvalue weighted by Crippen LogP contribution is 2.39. The second-order valence-electron chi connectivity index (χ2n) is 5.21. The summed E-state index contributed by atoms with van der Waals surface area (Å²) in [6, 6.07) is 6.42. The van der Waals surface area contributed by atoms with Crippen LogP contribution in [-0.2, 0) is 12.7 Å². The molecule has 0 saturated heterocycles. The Bertz CT molecular complexity index is 961. The quantitative estimate of drug-likeness (QED) is 0.660.